The average molecular weight is 320 g/mol. The highest BCUT2D eigenvalue weighted by Gasteiger charge is 2.24. The zero-order valence-corrected chi connectivity index (χ0v) is 12.6. The summed E-state index contributed by atoms with van der Waals surface area (Å²) in [5.41, 5.74) is 0.886. The van der Waals surface area contributed by atoms with Gasteiger partial charge in [-0.1, -0.05) is 30.4 Å². The highest BCUT2D eigenvalue weighted by molar-refractivity contribution is 6.35. The highest BCUT2D eigenvalue weighted by Crippen LogP contribution is 2.38. The lowest BCUT2D eigenvalue weighted by Crippen LogP contribution is -2.11. The number of benzene rings is 1. The number of aliphatic hydroxyl groups is 1. The van der Waals surface area contributed by atoms with E-state index in [2.05, 4.69) is 4.65 Å². The zero-order valence-electron chi connectivity index (χ0n) is 12.6. The van der Waals surface area contributed by atoms with E-state index < -0.39 is 7.47 Å². The lowest BCUT2D eigenvalue weighted by Gasteiger charge is -2.15. The van der Waals surface area contributed by atoms with Gasteiger partial charge in [-0.25, -0.2) is 8.63 Å². The quantitative estimate of drug-likeness (QED) is 0.637. The number of hydrogen-bond acceptors (Lipinski definition) is 4. The molecule has 4 nitrogen and oxygen atoms in total. The Balaban J connectivity index is 2.49. The van der Waals surface area contributed by atoms with Crippen molar-refractivity contribution >= 4 is 13.2 Å². The number of allylic oxidation sites excluding steroid dienone is 7. The summed E-state index contributed by atoms with van der Waals surface area (Å²) >= 11 is 0. The van der Waals surface area contributed by atoms with Crippen molar-refractivity contribution in [3.63, 3.8) is 0 Å². The number of halogens is 2. The standard InChI is InChI=1S/C16H15BF2O4/c1-21-12-9-14(22-2)16(15(10-12)23-17(18)19)13(20)8-7-11-5-3-4-6-11/h3-10,20H,1-2H3. The monoisotopic (exact) mass is 320 g/mol. The van der Waals surface area contributed by atoms with E-state index in [0.29, 0.717) is 0 Å². The van der Waals surface area contributed by atoms with Gasteiger partial charge in [0.05, 0.1) is 19.8 Å². The first kappa shape index (κ1) is 16.7. The van der Waals surface area contributed by atoms with Crippen LogP contribution in [-0.4, -0.2) is 26.8 Å². The lowest BCUT2D eigenvalue weighted by molar-refractivity contribution is 0.377. The largest absolute Gasteiger partial charge is 0.796 e. The van der Waals surface area contributed by atoms with E-state index >= 15 is 0 Å². The Bertz CT molecular complexity index is 680. The maximum absolute atomic E-state index is 12.6. The number of rotatable bonds is 6. The van der Waals surface area contributed by atoms with Crippen LogP contribution in [0.5, 0.6) is 17.2 Å². The first-order valence-electron chi connectivity index (χ1n) is 6.72. The second-order valence-electron chi connectivity index (χ2n) is 4.52. The van der Waals surface area contributed by atoms with Gasteiger partial charge in [0.15, 0.2) is 0 Å². The first-order valence-corrected chi connectivity index (χ1v) is 6.72. The predicted molar refractivity (Wildman–Crippen MR) is 85.1 cm³/mol. The topological polar surface area (TPSA) is 47.9 Å². The molecule has 0 spiro atoms. The normalized spacial score (nSPS) is 13.2. The van der Waals surface area contributed by atoms with Gasteiger partial charge in [-0.3, -0.25) is 0 Å². The molecule has 23 heavy (non-hydrogen) atoms. The van der Waals surface area contributed by atoms with Gasteiger partial charge < -0.3 is 19.2 Å². The molecule has 2 rings (SSSR count). The van der Waals surface area contributed by atoms with Crippen LogP contribution in [0.2, 0.25) is 0 Å². The van der Waals surface area contributed by atoms with Crippen LogP contribution in [0.4, 0.5) is 8.63 Å². The molecule has 7 heteroatoms. The smallest absolute Gasteiger partial charge is 0.507 e. The van der Waals surface area contributed by atoms with Gasteiger partial charge in [-0.05, 0) is 11.6 Å². The SMILES string of the molecule is COc1cc(OC)c(C(O)=CC=C2C=CC=C2)c(OB(F)F)c1. The van der Waals surface area contributed by atoms with E-state index in [1.54, 1.807) is 6.08 Å². The van der Waals surface area contributed by atoms with Gasteiger partial charge in [-0.15, -0.1) is 0 Å². The number of ether oxygens (including phenoxy) is 2. The summed E-state index contributed by atoms with van der Waals surface area (Å²) in [6.07, 6.45) is 10.4. The fourth-order valence-electron chi connectivity index (χ4n) is 2.04. The predicted octanol–water partition coefficient (Wildman–Crippen LogP) is 3.96. The minimum Gasteiger partial charge on any atom is -0.507 e. The van der Waals surface area contributed by atoms with E-state index in [1.807, 2.05) is 24.3 Å². The molecule has 0 radical (unpaired) electrons. The Morgan fingerprint density at radius 2 is 1.74 bits per heavy atom. The Morgan fingerprint density at radius 1 is 1.09 bits per heavy atom. The van der Waals surface area contributed by atoms with Crippen LogP contribution in [0.25, 0.3) is 5.76 Å². The number of methoxy groups -OCH3 is 2. The molecule has 0 bridgehead atoms. The molecule has 0 amide bonds. The van der Waals surface area contributed by atoms with Gasteiger partial charge in [0.2, 0.25) is 0 Å². The van der Waals surface area contributed by atoms with Crippen molar-refractivity contribution in [2.24, 2.45) is 0 Å². The van der Waals surface area contributed by atoms with Crippen LogP contribution < -0.4 is 14.1 Å². The summed E-state index contributed by atoms with van der Waals surface area (Å²) in [7, 11) is -0.296. The summed E-state index contributed by atoms with van der Waals surface area (Å²) in [6.45, 7) is 0. The Hall–Kier alpha value is -2.70. The van der Waals surface area contributed by atoms with Crippen LogP contribution in [0.3, 0.4) is 0 Å². The van der Waals surface area contributed by atoms with Gasteiger partial charge in [0.25, 0.3) is 0 Å². The second-order valence-corrected chi connectivity index (χ2v) is 4.52. The molecule has 0 aromatic heterocycles. The molecule has 1 aliphatic rings. The maximum Gasteiger partial charge on any atom is 0.796 e. The average Bonchev–Trinajstić information content (AvgIpc) is 3.04. The molecule has 0 aliphatic heterocycles. The van der Waals surface area contributed by atoms with Gasteiger partial charge in [0, 0.05) is 12.1 Å². The van der Waals surface area contributed by atoms with Crippen LogP contribution in [0.1, 0.15) is 5.56 Å². The molecule has 0 atom stereocenters. The van der Waals surface area contributed by atoms with Crippen molar-refractivity contribution < 1.29 is 27.9 Å². The van der Waals surface area contributed by atoms with Crippen molar-refractivity contribution in [1.82, 2.24) is 0 Å². The van der Waals surface area contributed by atoms with E-state index in [9.17, 15) is 13.7 Å². The third-order valence-corrected chi connectivity index (χ3v) is 3.09. The number of hydrogen-bond donors (Lipinski definition) is 1. The number of aliphatic hydroxyl groups excluding tert-OH is 1. The summed E-state index contributed by atoms with van der Waals surface area (Å²) < 4.78 is 39.9. The molecular formula is C16H15BF2O4. The molecule has 0 unspecified atom stereocenters. The Kier molecular flexibility index (Phi) is 5.46. The minimum absolute atomic E-state index is 0.0245. The van der Waals surface area contributed by atoms with Crippen LogP contribution in [-0.2, 0) is 0 Å². The molecule has 0 heterocycles. The minimum atomic E-state index is -3.04. The summed E-state index contributed by atoms with van der Waals surface area (Å²) in [5, 5.41) is 10.3. The van der Waals surface area contributed by atoms with Crippen molar-refractivity contribution in [3.05, 3.63) is 59.7 Å². The van der Waals surface area contributed by atoms with Crippen molar-refractivity contribution in [2.75, 3.05) is 14.2 Å². The molecular weight excluding hydrogens is 305 g/mol. The van der Waals surface area contributed by atoms with E-state index in [0.717, 1.165) is 5.57 Å². The molecule has 0 saturated heterocycles. The molecule has 0 saturated carbocycles. The summed E-state index contributed by atoms with van der Waals surface area (Å²) in [4.78, 5) is 0. The van der Waals surface area contributed by atoms with Crippen molar-refractivity contribution in [3.8, 4) is 17.2 Å². The van der Waals surface area contributed by atoms with Crippen LogP contribution >= 0.6 is 0 Å². The summed E-state index contributed by atoms with van der Waals surface area (Å²) in [6, 6.07) is 2.73. The van der Waals surface area contributed by atoms with Gasteiger partial charge in [0.1, 0.15) is 23.0 Å². The van der Waals surface area contributed by atoms with Gasteiger partial charge in [-0.2, -0.15) is 0 Å². The van der Waals surface area contributed by atoms with Gasteiger partial charge >= 0.3 is 7.47 Å². The Morgan fingerprint density at radius 3 is 2.30 bits per heavy atom. The molecule has 1 aromatic carbocycles. The fraction of sp³-hybridized carbons (Fsp3) is 0.125. The van der Waals surface area contributed by atoms with Crippen LogP contribution in [0, 0.1) is 0 Å². The van der Waals surface area contributed by atoms with Crippen molar-refractivity contribution in [1.29, 1.82) is 0 Å². The third-order valence-electron chi connectivity index (χ3n) is 3.09. The highest BCUT2D eigenvalue weighted by atomic mass is 19.2. The maximum atomic E-state index is 12.6. The lowest BCUT2D eigenvalue weighted by atomic mass is 10.1. The summed E-state index contributed by atoms with van der Waals surface area (Å²) in [5.74, 6) is -0.0686. The van der Waals surface area contributed by atoms with Crippen molar-refractivity contribution in [2.45, 2.75) is 0 Å². The Labute approximate surface area is 133 Å². The van der Waals surface area contributed by atoms with Crippen LogP contribution in [0.15, 0.2) is 54.2 Å². The first-order chi connectivity index (χ1) is 11.0. The van der Waals surface area contributed by atoms with E-state index in [1.165, 1.54) is 32.4 Å². The zero-order chi connectivity index (χ0) is 16.8. The van der Waals surface area contributed by atoms with E-state index in [-0.39, 0.29) is 28.6 Å². The second kappa shape index (κ2) is 7.53. The molecule has 1 aliphatic carbocycles. The fourth-order valence-corrected chi connectivity index (χ4v) is 2.04. The molecule has 1 N–H and O–H groups in total. The molecule has 120 valence electrons. The van der Waals surface area contributed by atoms with E-state index in [4.69, 9.17) is 9.47 Å². The molecule has 1 aromatic rings. The molecule has 0 fully saturated rings. The third kappa shape index (κ3) is 4.15.